The zero-order valence-electron chi connectivity index (χ0n) is 13.6. The molecule has 0 aliphatic rings. The van der Waals surface area contributed by atoms with Gasteiger partial charge in [-0.3, -0.25) is 10.1 Å². The van der Waals surface area contributed by atoms with Gasteiger partial charge in [0, 0.05) is 5.39 Å². The molecule has 1 unspecified atom stereocenters. The Morgan fingerprint density at radius 3 is 2.64 bits per heavy atom. The van der Waals surface area contributed by atoms with Gasteiger partial charge in [0.1, 0.15) is 5.75 Å². The molecule has 1 heterocycles. The molecule has 0 bridgehead atoms. The van der Waals surface area contributed by atoms with Crippen LogP contribution in [0.4, 0.5) is 5.13 Å². The molecule has 0 aliphatic heterocycles. The lowest BCUT2D eigenvalue weighted by Crippen LogP contribution is -2.30. The van der Waals surface area contributed by atoms with Crippen LogP contribution in [0.15, 0.2) is 66.7 Å². The number of aromatic nitrogens is 1. The molecule has 1 aromatic heterocycles. The number of thiazole rings is 1. The van der Waals surface area contributed by atoms with E-state index in [1.165, 1.54) is 11.3 Å². The van der Waals surface area contributed by atoms with Crippen LogP contribution in [0.2, 0.25) is 0 Å². The Balaban J connectivity index is 1.56. The first-order chi connectivity index (χ1) is 12.2. The molecule has 0 saturated carbocycles. The Kier molecular flexibility index (Phi) is 4.07. The second-order valence-electron chi connectivity index (χ2n) is 5.71. The molecule has 124 valence electrons. The maximum atomic E-state index is 12.4. The summed E-state index contributed by atoms with van der Waals surface area (Å²) in [5.74, 6) is 0.452. The van der Waals surface area contributed by atoms with Gasteiger partial charge in [-0.1, -0.05) is 59.9 Å². The summed E-state index contributed by atoms with van der Waals surface area (Å²) in [5, 5.41) is 5.67. The average Bonchev–Trinajstić information content (AvgIpc) is 3.05. The fourth-order valence-electron chi connectivity index (χ4n) is 2.68. The van der Waals surface area contributed by atoms with E-state index in [2.05, 4.69) is 22.4 Å². The Hall–Kier alpha value is -2.92. The predicted molar refractivity (Wildman–Crippen MR) is 102 cm³/mol. The first kappa shape index (κ1) is 15.6. The minimum Gasteiger partial charge on any atom is -0.481 e. The summed E-state index contributed by atoms with van der Waals surface area (Å²) in [6.45, 7) is 1.73. The summed E-state index contributed by atoms with van der Waals surface area (Å²) in [4.78, 5) is 17.0. The molecule has 0 spiro atoms. The first-order valence-electron chi connectivity index (χ1n) is 8.01. The Morgan fingerprint density at radius 1 is 1.04 bits per heavy atom. The molecule has 4 rings (SSSR count). The number of nitrogens with zero attached hydrogens (tertiary/aromatic N) is 1. The van der Waals surface area contributed by atoms with Crippen LogP contribution in [0.1, 0.15) is 6.92 Å². The Labute approximate surface area is 149 Å². The molecular formula is C20H16N2O2S. The minimum atomic E-state index is -0.605. The monoisotopic (exact) mass is 348 g/mol. The zero-order chi connectivity index (χ0) is 17.2. The molecule has 25 heavy (non-hydrogen) atoms. The summed E-state index contributed by atoms with van der Waals surface area (Å²) in [6.07, 6.45) is -0.605. The number of hydrogen-bond acceptors (Lipinski definition) is 4. The van der Waals surface area contributed by atoms with Crippen molar-refractivity contribution in [1.82, 2.24) is 4.98 Å². The summed E-state index contributed by atoms with van der Waals surface area (Å²) in [6, 6.07) is 21.5. The van der Waals surface area contributed by atoms with Crippen molar-refractivity contribution in [3.63, 3.8) is 0 Å². The lowest BCUT2D eigenvalue weighted by Gasteiger charge is -2.13. The third-order valence-corrected chi connectivity index (χ3v) is 4.88. The van der Waals surface area contributed by atoms with Crippen molar-refractivity contribution < 1.29 is 9.53 Å². The van der Waals surface area contributed by atoms with Crippen molar-refractivity contribution in [2.24, 2.45) is 0 Å². The van der Waals surface area contributed by atoms with Gasteiger partial charge < -0.3 is 4.74 Å². The zero-order valence-corrected chi connectivity index (χ0v) is 14.4. The number of carbonyl (C=O) groups is 1. The molecule has 0 aliphatic carbocycles. The van der Waals surface area contributed by atoms with E-state index in [0.29, 0.717) is 10.9 Å². The van der Waals surface area contributed by atoms with Crippen molar-refractivity contribution in [2.45, 2.75) is 13.0 Å². The van der Waals surface area contributed by atoms with E-state index < -0.39 is 6.10 Å². The molecular weight excluding hydrogens is 332 g/mol. The topological polar surface area (TPSA) is 51.2 Å². The maximum Gasteiger partial charge on any atom is 0.266 e. The molecule has 0 saturated heterocycles. The van der Waals surface area contributed by atoms with Crippen molar-refractivity contribution in [2.75, 3.05) is 5.32 Å². The number of anilines is 1. The van der Waals surface area contributed by atoms with Gasteiger partial charge in [-0.2, -0.15) is 0 Å². The molecule has 0 radical (unpaired) electrons. The number of nitrogens with one attached hydrogen (secondary N) is 1. The summed E-state index contributed by atoms with van der Waals surface area (Å²) in [7, 11) is 0. The van der Waals surface area contributed by atoms with Crippen LogP contribution in [0, 0.1) is 0 Å². The number of fused-ring (bicyclic) bond motifs is 3. The van der Waals surface area contributed by atoms with Crippen molar-refractivity contribution in [3.8, 4) is 5.75 Å². The van der Waals surface area contributed by atoms with E-state index in [9.17, 15) is 4.79 Å². The highest BCUT2D eigenvalue weighted by Gasteiger charge is 2.17. The van der Waals surface area contributed by atoms with E-state index in [1.54, 1.807) is 6.92 Å². The van der Waals surface area contributed by atoms with Gasteiger partial charge in [0.25, 0.3) is 5.91 Å². The minimum absolute atomic E-state index is 0.216. The molecule has 0 fully saturated rings. The fraction of sp³-hybridized carbons (Fsp3) is 0.100. The SMILES string of the molecule is CC(Oc1ccccc1)C(=O)Nc1nc2c(ccc3ccccc32)s1. The van der Waals surface area contributed by atoms with Crippen LogP contribution >= 0.6 is 11.3 Å². The number of para-hydroxylation sites is 1. The third-order valence-electron chi connectivity index (χ3n) is 3.94. The van der Waals surface area contributed by atoms with Gasteiger partial charge >= 0.3 is 0 Å². The standard InChI is InChI=1S/C20H16N2O2S/c1-13(24-15-8-3-2-4-9-15)19(23)22-20-21-18-16-10-6-5-7-14(16)11-12-17(18)25-20/h2-13H,1H3,(H,21,22,23). The van der Waals surface area contributed by atoms with Gasteiger partial charge in [0.05, 0.1) is 10.2 Å². The lowest BCUT2D eigenvalue weighted by molar-refractivity contribution is -0.122. The van der Waals surface area contributed by atoms with E-state index in [0.717, 1.165) is 21.0 Å². The fourth-order valence-corrected chi connectivity index (χ4v) is 3.56. The van der Waals surface area contributed by atoms with Gasteiger partial charge in [0.15, 0.2) is 11.2 Å². The van der Waals surface area contributed by atoms with Crippen LogP contribution in [0.3, 0.4) is 0 Å². The van der Waals surface area contributed by atoms with E-state index in [-0.39, 0.29) is 5.91 Å². The molecule has 1 N–H and O–H groups in total. The average molecular weight is 348 g/mol. The summed E-state index contributed by atoms with van der Waals surface area (Å²) in [5.41, 5.74) is 0.912. The predicted octanol–water partition coefficient (Wildman–Crippen LogP) is 4.86. The molecule has 3 aromatic carbocycles. The first-order valence-corrected chi connectivity index (χ1v) is 8.83. The van der Waals surface area contributed by atoms with Gasteiger partial charge in [-0.15, -0.1) is 0 Å². The third kappa shape index (κ3) is 3.19. The number of amides is 1. The Bertz CT molecular complexity index is 1040. The number of carbonyl (C=O) groups excluding carboxylic acids is 1. The van der Waals surface area contributed by atoms with Gasteiger partial charge in [-0.25, -0.2) is 4.98 Å². The van der Waals surface area contributed by atoms with Crippen LogP contribution in [0.5, 0.6) is 5.75 Å². The number of rotatable bonds is 4. The quantitative estimate of drug-likeness (QED) is 0.573. The molecule has 1 atom stereocenters. The number of ether oxygens (including phenoxy) is 1. The number of benzene rings is 3. The molecule has 1 amide bonds. The second-order valence-corrected chi connectivity index (χ2v) is 6.75. The largest absolute Gasteiger partial charge is 0.481 e. The van der Waals surface area contributed by atoms with Crippen molar-refractivity contribution in [1.29, 1.82) is 0 Å². The summed E-state index contributed by atoms with van der Waals surface area (Å²) >= 11 is 1.47. The molecule has 5 heteroatoms. The lowest BCUT2D eigenvalue weighted by atomic mass is 10.1. The van der Waals surface area contributed by atoms with E-state index in [1.807, 2.05) is 54.6 Å². The van der Waals surface area contributed by atoms with Crippen molar-refractivity contribution >= 4 is 43.4 Å². The smallest absolute Gasteiger partial charge is 0.266 e. The van der Waals surface area contributed by atoms with E-state index in [4.69, 9.17) is 4.74 Å². The van der Waals surface area contributed by atoms with Crippen LogP contribution in [-0.4, -0.2) is 17.0 Å². The highest BCUT2D eigenvalue weighted by Crippen LogP contribution is 2.31. The normalized spacial score (nSPS) is 12.2. The van der Waals surface area contributed by atoms with Crippen molar-refractivity contribution in [3.05, 3.63) is 66.7 Å². The van der Waals surface area contributed by atoms with Gasteiger partial charge in [0.2, 0.25) is 0 Å². The molecule has 4 aromatic rings. The van der Waals surface area contributed by atoms with Gasteiger partial charge in [-0.05, 0) is 30.5 Å². The highest BCUT2D eigenvalue weighted by molar-refractivity contribution is 7.22. The van der Waals surface area contributed by atoms with Crippen LogP contribution in [-0.2, 0) is 4.79 Å². The highest BCUT2D eigenvalue weighted by atomic mass is 32.1. The summed E-state index contributed by atoms with van der Waals surface area (Å²) < 4.78 is 6.70. The van der Waals surface area contributed by atoms with Crippen LogP contribution in [0.25, 0.3) is 21.0 Å². The maximum absolute atomic E-state index is 12.4. The van der Waals surface area contributed by atoms with Crippen LogP contribution < -0.4 is 10.1 Å². The molecule has 4 nitrogen and oxygen atoms in total. The van der Waals surface area contributed by atoms with E-state index >= 15 is 0 Å². The second kappa shape index (κ2) is 6.53. The number of hydrogen-bond donors (Lipinski definition) is 1. The Morgan fingerprint density at radius 2 is 1.80 bits per heavy atom.